The fraction of sp³-hybridized carbons (Fsp3) is 0.385. The van der Waals surface area contributed by atoms with Crippen molar-refractivity contribution in [1.82, 2.24) is 9.47 Å². The first kappa shape index (κ1) is 20.0. The molecule has 0 radical (unpaired) electrons. The topological polar surface area (TPSA) is 51.5 Å². The number of likely N-dealkylation sites (tertiary alicyclic amines) is 1. The van der Waals surface area contributed by atoms with Gasteiger partial charge in [-0.1, -0.05) is 30.3 Å². The van der Waals surface area contributed by atoms with Crippen LogP contribution in [0.2, 0.25) is 0 Å². The quantitative estimate of drug-likeness (QED) is 0.448. The average Bonchev–Trinajstić information content (AvgIpc) is 3.26. The van der Waals surface area contributed by atoms with E-state index in [1.807, 2.05) is 16.7 Å². The number of ether oxygens (including phenoxy) is 1. The summed E-state index contributed by atoms with van der Waals surface area (Å²) in [5.74, 6) is 0.992. The number of fused-ring (bicyclic) bond motifs is 3. The number of hydrogen-bond acceptors (Lipinski definition) is 4. The van der Waals surface area contributed by atoms with Crippen molar-refractivity contribution in [3.05, 3.63) is 65.9 Å². The van der Waals surface area contributed by atoms with Crippen LogP contribution in [0.15, 0.2) is 54.6 Å². The molecule has 1 aromatic heterocycles. The lowest BCUT2D eigenvalue weighted by molar-refractivity contribution is -0.131. The summed E-state index contributed by atoms with van der Waals surface area (Å²) in [4.78, 5) is 27.0. The van der Waals surface area contributed by atoms with Crippen LogP contribution < -0.4 is 4.74 Å². The van der Waals surface area contributed by atoms with Gasteiger partial charge in [0.1, 0.15) is 5.75 Å². The SMILES string of the molecule is CC(=O)Oc1ccc2cc3n(c2c1)C(=O)C(CC1CCN(Cc2ccccc2)CC1)C3. The zero-order valence-corrected chi connectivity index (χ0v) is 17.9. The van der Waals surface area contributed by atoms with Crippen LogP contribution in [-0.2, 0) is 17.8 Å². The number of benzene rings is 2. The van der Waals surface area contributed by atoms with E-state index in [1.54, 1.807) is 6.07 Å². The van der Waals surface area contributed by atoms with Crippen molar-refractivity contribution in [3.63, 3.8) is 0 Å². The Hall–Kier alpha value is -2.92. The van der Waals surface area contributed by atoms with E-state index in [1.165, 1.54) is 12.5 Å². The van der Waals surface area contributed by atoms with Crippen molar-refractivity contribution >= 4 is 22.8 Å². The van der Waals surface area contributed by atoms with E-state index < -0.39 is 0 Å². The summed E-state index contributed by atoms with van der Waals surface area (Å²) in [7, 11) is 0. The number of nitrogens with zero attached hydrogens (tertiary/aromatic N) is 2. The van der Waals surface area contributed by atoms with Crippen molar-refractivity contribution in [2.45, 2.75) is 39.2 Å². The van der Waals surface area contributed by atoms with E-state index in [4.69, 9.17) is 4.74 Å². The van der Waals surface area contributed by atoms with E-state index in [0.717, 1.165) is 61.9 Å². The number of carbonyl (C=O) groups is 2. The second-order valence-electron chi connectivity index (χ2n) is 8.97. The Kier molecular flexibility index (Phi) is 5.36. The van der Waals surface area contributed by atoms with Crippen LogP contribution in [0, 0.1) is 11.8 Å². The molecule has 2 aliphatic rings. The minimum Gasteiger partial charge on any atom is -0.427 e. The summed E-state index contributed by atoms with van der Waals surface area (Å²) >= 11 is 0. The van der Waals surface area contributed by atoms with Gasteiger partial charge >= 0.3 is 5.97 Å². The Morgan fingerprint density at radius 3 is 2.58 bits per heavy atom. The van der Waals surface area contributed by atoms with Crippen LogP contribution in [-0.4, -0.2) is 34.4 Å². The van der Waals surface area contributed by atoms with Crippen molar-refractivity contribution < 1.29 is 14.3 Å². The van der Waals surface area contributed by atoms with Gasteiger partial charge in [0.05, 0.1) is 5.52 Å². The Labute approximate surface area is 182 Å². The highest BCUT2D eigenvalue weighted by Gasteiger charge is 2.34. The van der Waals surface area contributed by atoms with E-state index >= 15 is 0 Å². The molecule has 5 rings (SSSR count). The van der Waals surface area contributed by atoms with Crippen LogP contribution in [0.3, 0.4) is 0 Å². The van der Waals surface area contributed by atoms with Crippen LogP contribution in [0.5, 0.6) is 5.75 Å². The molecular weight excluding hydrogens is 388 g/mol. The first-order valence-corrected chi connectivity index (χ1v) is 11.2. The zero-order chi connectivity index (χ0) is 21.4. The number of esters is 1. The standard InChI is InChI=1S/C26H28N2O3/c1-18(29)31-24-8-7-21-14-23-15-22(26(30)28(23)25(21)16-24)13-19-9-11-27(12-10-19)17-20-5-3-2-4-6-20/h2-8,14,16,19,22H,9-13,15,17H2,1H3. The molecule has 3 aromatic rings. The van der Waals surface area contributed by atoms with Gasteiger partial charge in [-0.3, -0.25) is 19.1 Å². The minimum atomic E-state index is -0.352. The third-order valence-corrected chi connectivity index (χ3v) is 6.71. The van der Waals surface area contributed by atoms with E-state index in [0.29, 0.717) is 11.7 Å². The molecule has 2 aliphatic heterocycles. The highest BCUT2D eigenvalue weighted by molar-refractivity contribution is 5.97. The van der Waals surface area contributed by atoms with Gasteiger partial charge in [0.2, 0.25) is 5.91 Å². The van der Waals surface area contributed by atoms with Crippen molar-refractivity contribution in [2.75, 3.05) is 13.1 Å². The lowest BCUT2D eigenvalue weighted by atomic mass is 9.85. The Balaban J connectivity index is 1.22. The first-order chi connectivity index (χ1) is 15.1. The Morgan fingerprint density at radius 1 is 1.06 bits per heavy atom. The lowest BCUT2D eigenvalue weighted by Gasteiger charge is -2.32. The maximum Gasteiger partial charge on any atom is 0.308 e. The predicted molar refractivity (Wildman–Crippen MR) is 120 cm³/mol. The highest BCUT2D eigenvalue weighted by atomic mass is 16.5. The molecule has 0 bridgehead atoms. The first-order valence-electron chi connectivity index (χ1n) is 11.2. The molecule has 1 saturated heterocycles. The molecule has 0 spiro atoms. The van der Waals surface area contributed by atoms with Crippen LogP contribution >= 0.6 is 0 Å². The Bertz CT molecular complexity index is 1110. The molecule has 3 heterocycles. The summed E-state index contributed by atoms with van der Waals surface area (Å²) in [6, 6.07) is 18.3. The Morgan fingerprint density at radius 2 is 1.84 bits per heavy atom. The highest BCUT2D eigenvalue weighted by Crippen LogP contribution is 2.35. The zero-order valence-electron chi connectivity index (χ0n) is 17.9. The number of hydrogen-bond donors (Lipinski definition) is 0. The lowest BCUT2D eigenvalue weighted by Crippen LogP contribution is -2.34. The molecule has 2 aromatic carbocycles. The molecule has 0 N–H and O–H groups in total. The molecule has 0 amide bonds. The van der Waals surface area contributed by atoms with Gasteiger partial charge in [0.25, 0.3) is 0 Å². The van der Waals surface area contributed by atoms with Gasteiger partial charge in [-0.15, -0.1) is 0 Å². The minimum absolute atomic E-state index is 0.0578. The van der Waals surface area contributed by atoms with Gasteiger partial charge in [-0.2, -0.15) is 0 Å². The van der Waals surface area contributed by atoms with Gasteiger partial charge in [0, 0.05) is 36.5 Å². The molecule has 31 heavy (non-hydrogen) atoms. The predicted octanol–water partition coefficient (Wildman–Crippen LogP) is 4.68. The van der Waals surface area contributed by atoms with E-state index in [-0.39, 0.29) is 17.8 Å². The third kappa shape index (κ3) is 4.15. The second-order valence-corrected chi connectivity index (χ2v) is 8.97. The summed E-state index contributed by atoms with van der Waals surface area (Å²) in [6.07, 6.45) is 4.08. The molecule has 1 unspecified atom stereocenters. The molecule has 1 atom stereocenters. The van der Waals surface area contributed by atoms with Crippen LogP contribution in [0.25, 0.3) is 10.9 Å². The van der Waals surface area contributed by atoms with E-state index in [2.05, 4.69) is 41.3 Å². The summed E-state index contributed by atoms with van der Waals surface area (Å²) in [5.41, 5.74) is 3.29. The molecular formula is C26H28N2O3. The van der Waals surface area contributed by atoms with Crippen molar-refractivity contribution in [3.8, 4) is 5.75 Å². The number of aromatic nitrogens is 1. The molecule has 0 saturated carbocycles. The van der Waals surface area contributed by atoms with Crippen LogP contribution in [0.1, 0.15) is 42.2 Å². The van der Waals surface area contributed by atoms with Crippen molar-refractivity contribution in [2.24, 2.45) is 11.8 Å². The molecule has 5 nitrogen and oxygen atoms in total. The smallest absolute Gasteiger partial charge is 0.308 e. The van der Waals surface area contributed by atoms with Crippen molar-refractivity contribution in [1.29, 1.82) is 0 Å². The molecule has 160 valence electrons. The van der Waals surface area contributed by atoms with Gasteiger partial charge < -0.3 is 4.74 Å². The number of carbonyl (C=O) groups excluding carboxylic acids is 2. The summed E-state index contributed by atoms with van der Waals surface area (Å²) < 4.78 is 7.06. The largest absolute Gasteiger partial charge is 0.427 e. The van der Waals surface area contributed by atoms with Crippen LogP contribution in [0.4, 0.5) is 0 Å². The van der Waals surface area contributed by atoms with Gasteiger partial charge in [-0.05, 0) is 68.5 Å². The molecule has 0 aliphatic carbocycles. The molecule has 1 fully saturated rings. The molecule has 5 heteroatoms. The normalized spacial score (nSPS) is 19.6. The monoisotopic (exact) mass is 416 g/mol. The van der Waals surface area contributed by atoms with Gasteiger partial charge in [0.15, 0.2) is 0 Å². The number of piperidine rings is 1. The maximum atomic E-state index is 13.2. The summed E-state index contributed by atoms with van der Waals surface area (Å²) in [5, 5.41) is 1.02. The maximum absolute atomic E-state index is 13.2. The fourth-order valence-corrected chi connectivity index (χ4v) is 5.21. The third-order valence-electron chi connectivity index (χ3n) is 6.71. The van der Waals surface area contributed by atoms with E-state index in [9.17, 15) is 9.59 Å². The average molecular weight is 417 g/mol. The fourth-order valence-electron chi connectivity index (χ4n) is 5.21. The number of rotatable bonds is 5. The van der Waals surface area contributed by atoms with Gasteiger partial charge in [-0.25, -0.2) is 0 Å². The summed E-state index contributed by atoms with van der Waals surface area (Å²) in [6.45, 7) is 4.60. The second kappa shape index (κ2) is 8.31.